The van der Waals surface area contributed by atoms with Crippen molar-refractivity contribution in [2.75, 3.05) is 6.54 Å². The van der Waals surface area contributed by atoms with E-state index in [0.717, 1.165) is 31.4 Å². The molecule has 0 radical (unpaired) electrons. The third kappa shape index (κ3) is 2.21. The van der Waals surface area contributed by atoms with Crippen LogP contribution in [0.5, 0.6) is 0 Å². The predicted octanol–water partition coefficient (Wildman–Crippen LogP) is 2.03. The number of aryl methyl sites for hydroxylation is 1. The first-order valence-corrected chi connectivity index (χ1v) is 5.82. The molecule has 0 saturated carbocycles. The standard InChI is InChI=1S/C13H19NO/c1-2-14-12-9-5-7-10-6-3-4-8-11(10)13(12)15/h3-4,6,8,12-15H,2,5,7,9H2,1H3/t12-,13-/m1/s1. The van der Waals surface area contributed by atoms with Crippen molar-refractivity contribution in [3.63, 3.8) is 0 Å². The quantitative estimate of drug-likeness (QED) is 0.724. The summed E-state index contributed by atoms with van der Waals surface area (Å²) < 4.78 is 0. The van der Waals surface area contributed by atoms with Crippen molar-refractivity contribution in [1.29, 1.82) is 0 Å². The molecule has 2 nitrogen and oxygen atoms in total. The van der Waals surface area contributed by atoms with Crippen molar-refractivity contribution in [3.05, 3.63) is 35.4 Å². The second kappa shape index (κ2) is 4.77. The van der Waals surface area contributed by atoms with E-state index in [-0.39, 0.29) is 12.1 Å². The van der Waals surface area contributed by atoms with Crippen LogP contribution < -0.4 is 5.32 Å². The van der Waals surface area contributed by atoms with E-state index in [1.807, 2.05) is 6.07 Å². The van der Waals surface area contributed by atoms with Crippen molar-refractivity contribution < 1.29 is 5.11 Å². The minimum Gasteiger partial charge on any atom is -0.387 e. The van der Waals surface area contributed by atoms with E-state index in [9.17, 15) is 5.11 Å². The van der Waals surface area contributed by atoms with E-state index in [1.165, 1.54) is 5.56 Å². The van der Waals surface area contributed by atoms with Gasteiger partial charge in [0.15, 0.2) is 0 Å². The number of benzene rings is 1. The molecule has 2 heteroatoms. The smallest absolute Gasteiger partial charge is 0.0945 e. The lowest BCUT2D eigenvalue weighted by Crippen LogP contribution is -2.34. The molecule has 0 saturated heterocycles. The summed E-state index contributed by atoms with van der Waals surface area (Å²) in [5.41, 5.74) is 2.42. The molecule has 2 rings (SSSR count). The summed E-state index contributed by atoms with van der Waals surface area (Å²) in [6.45, 7) is 3.01. The molecule has 0 heterocycles. The molecular formula is C13H19NO. The van der Waals surface area contributed by atoms with Gasteiger partial charge in [-0.3, -0.25) is 0 Å². The second-order valence-corrected chi connectivity index (χ2v) is 4.20. The van der Waals surface area contributed by atoms with E-state index < -0.39 is 0 Å². The number of rotatable bonds is 2. The van der Waals surface area contributed by atoms with Crippen molar-refractivity contribution in [1.82, 2.24) is 5.32 Å². The molecule has 1 aliphatic rings. The highest BCUT2D eigenvalue weighted by Gasteiger charge is 2.24. The fourth-order valence-electron chi connectivity index (χ4n) is 2.41. The summed E-state index contributed by atoms with van der Waals surface area (Å²) in [6.07, 6.45) is 2.97. The summed E-state index contributed by atoms with van der Waals surface area (Å²) in [4.78, 5) is 0. The van der Waals surface area contributed by atoms with Gasteiger partial charge in [-0.2, -0.15) is 0 Å². The van der Waals surface area contributed by atoms with Crippen LogP contribution in [0.25, 0.3) is 0 Å². The van der Waals surface area contributed by atoms with Gasteiger partial charge in [0, 0.05) is 6.04 Å². The highest BCUT2D eigenvalue weighted by atomic mass is 16.3. The minimum atomic E-state index is -0.344. The normalized spacial score (nSPS) is 25.7. The molecule has 0 amide bonds. The fraction of sp³-hybridized carbons (Fsp3) is 0.538. The SMILES string of the molecule is CCN[C@@H]1CCCc2ccccc2[C@H]1O. The van der Waals surface area contributed by atoms with E-state index in [0.29, 0.717) is 0 Å². The zero-order valence-electron chi connectivity index (χ0n) is 9.24. The molecule has 1 aromatic rings. The average molecular weight is 205 g/mol. The summed E-state index contributed by atoms with van der Waals surface area (Å²) >= 11 is 0. The van der Waals surface area contributed by atoms with Gasteiger partial charge >= 0.3 is 0 Å². The average Bonchev–Trinajstić information content (AvgIpc) is 2.41. The molecule has 1 aliphatic carbocycles. The Morgan fingerprint density at radius 1 is 1.40 bits per heavy atom. The van der Waals surface area contributed by atoms with Crippen LogP contribution in [0, 0.1) is 0 Å². The maximum absolute atomic E-state index is 10.3. The van der Waals surface area contributed by atoms with Crippen LogP contribution in [0.4, 0.5) is 0 Å². The highest BCUT2D eigenvalue weighted by molar-refractivity contribution is 5.31. The van der Waals surface area contributed by atoms with Crippen molar-refractivity contribution in [3.8, 4) is 0 Å². The molecule has 0 unspecified atom stereocenters. The van der Waals surface area contributed by atoms with Crippen LogP contribution in [0.15, 0.2) is 24.3 Å². The zero-order valence-corrected chi connectivity index (χ0v) is 9.24. The van der Waals surface area contributed by atoms with Crippen LogP contribution in [0.1, 0.15) is 37.0 Å². The first-order chi connectivity index (χ1) is 7.33. The van der Waals surface area contributed by atoms with Crippen molar-refractivity contribution >= 4 is 0 Å². The van der Waals surface area contributed by atoms with Crippen LogP contribution in [0.2, 0.25) is 0 Å². The Balaban J connectivity index is 2.26. The monoisotopic (exact) mass is 205 g/mol. The van der Waals surface area contributed by atoms with Gasteiger partial charge in [-0.25, -0.2) is 0 Å². The Labute approximate surface area is 91.3 Å². The third-order valence-corrected chi connectivity index (χ3v) is 3.18. The molecule has 15 heavy (non-hydrogen) atoms. The number of nitrogens with one attached hydrogen (secondary N) is 1. The van der Waals surface area contributed by atoms with Crippen LogP contribution in [-0.4, -0.2) is 17.7 Å². The molecule has 2 atom stereocenters. The summed E-state index contributed by atoms with van der Waals surface area (Å²) in [5, 5.41) is 13.6. The van der Waals surface area contributed by atoms with Gasteiger partial charge in [0.1, 0.15) is 0 Å². The first-order valence-electron chi connectivity index (χ1n) is 5.82. The Kier molecular flexibility index (Phi) is 3.39. The Morgan fingerprint density at radius 3 is 3.00 bits per heavy atom. The van der Waals surface area contributed by atoms with Gasteiger partial charge in [-0.1, -0.05) is 31.2 Å². The Hall–Kier alpha value is -0.860. The maximum atomic E-state index is 10.3. The van der Waals surface area contributed by atoms with Gasteiger partial charge < -0.3 is 10.4 Å². The highest BCUT2D eigenvalue weighted by Crippen LogP contribution is 2.28. The predicted molar refractivity (Wildman–Crippen MR) is 61.8 cm³/mol. The topological polar surface area (TPSA) is 32.3 Å². The zero-order chi connectivity index (χ0) is 10.7. The number of hydrogen-bond donors (Lipinski definition) is 2. The Bertz CT molecular complexity index is 324. The van der Waals surface area contributed by atoms with Gasteiger partial charge in [0.05, 0.1) is 6.10 Å². The maximum Gasteiger partial charge on any atom is 0.0945 e. The lowest BCUT2D eigenvalue weighted by Gasteiger charge is -2.22. The molecule has 1 aromatic carbocycles. The second-order valence-electron chi connectivity index (χ2n) is 4.20. The van der Waals surface area contributed by atoms with E-state index in [4.69, 9.17) is 0 Å². The summed E-state index contributed by atoms with van der Waals surface area (Å²) in [6, 6.07) is 8.47. The lowest BCUT2D eigenvalue weighted by atomic mass is 9.99. The van der Waals surface area contributed by atoms with Crippen LogP contribution >= 0.6 is 0 Å². The molecular weight excluding hydrogens is 186 g/mol. The summed E-state index contributed by atoms with van der Waals surface area (Å²) in [5.74, 6) is 0. The fourth-order valence-corrected chi connectivity index (χ4v) is 2.41. The number of fused-ring (bicyclic) bond motifs is 1. The molecule has 0 bridgehead atoms. The number of hydrogen-bond acceptors (Lipinski definition) is 2. The molecule has 0 aromatic heterocycles. The van der Waals surface area contributed by atoms with E-state index >= 15 is 0 Å². The number of aliphatic hydroxyl groups is 1. The molecule has 0 spiro atoms. The van der Waals surface area contributed by atoms with Gasteiger partial charge in [-0.05, 0) is 36.9 Å². The third-order valence-electron chi connectivity index (χ3n) is 3.18. The number of likely N-dealkylation sites (N-methyl/N-ethyl adjacent to an activating group) is 1. The first kappa shape index (κ1) is 10.7. The summed E-state index contributed by atoms with van der Waals surface area (Å²) in [7, 11) is 0. The van der Waals surface area contributed by atoms with Gasteiger partial charge in [-0.15, -0.1) is 0 Å². The molecule has 82 valence electrons. The molecule has 0 aliphatic heterocycles. The van der Waals surface area contributed by atoms with Gasteiger partial charge in [0.25, 0.3) is 0 Å². The minimum absolute atomic E-state index is 0.221. The number of aliphatic hydroxyl groups excluding tert-OH is 1. The van der Waals surface area contributed by atoms with Crippen molar-refractivity contribution in [2.45, 2.75) is 38.3 Å². The van der Waals surface area contributed by atoms with Crippen LogP contribution in [0.3, 0.4) is 0 Å². The van der Waals surface area contributed by atoms with Crippen LogP contribution in [-0.2, 0) is 6.42 Å². The molecule has 2 N–H and O–H groups in total. The van der Waals surface area contributed by atoms with Crippen molar-refractivity contribution in [2.24, 2.45) is 0 Å². The Morgan fingerprint density at radius 2 is 2.20 bits per heavy atom. The lowest BCUT2D eigenvalue weighted by molar-refractivity contribution is 0.127. The largest absolute Gasteiger partial charge is 0.387 e. The van der Waals surface area contributed by atoms with E-state index in [2.05, 4.69) is 30.4 Å². The van der Waals surface area contributed by atoms with Gasteiger partial charge in [0.2, 0.25) is 0 Å². The molecule has 0 fully saturated rings. The van der Waals surface area contributed by atoms with E-state index in [1.54, 1.807) is 0 Å².